The third-order valence-corrected chi connectivity index (χ3v) is 4.33. The van der Waals surface area contributed by atoms with Crippen LogP contribution in [0.25, 0.3) is 0 Å². The van der Waals surface area contributed by atoms with Crippen LogP contribution in [0.2, 0.25) is 0 Å². The minimum atomic E-state index is 0.568. The van der Waals surface area contributed by atoms with Crippen LogP contribution in [0.4, 0.5) is 11.4 Å². The smallest absolute Gasteiger partial charge is 0.0485 e. The topological polar surface area (TPSA) is 27.7 Å². The molecule has 0 atom stereocenters. The number of benzene rings is 1. The minimum absolute atomic E-state index is 0.568. The van der Waals surface area contributed by atoms with Crippen LogP contribution < -0.4 is 10.2 Å². The zero-order valence-electron chi connectivity index (χ0n) is 12.3. The van der Waals surface area contributed by atoms with Crippen molar-refractivity contribution < 1.29 is 4.74 Å². The number of hydrogen-bond acceptors (Lipinski definition) is 4. The van der Waals surface area contributed by atoms with E-state index in [4.69, 9.17) is 4.74 Å². The largest absolute Gasteiger partial charge is 0.382 e. The maximum absolute atomic E-state index is 5.39. The number of rotatable bonds is 3. The van der Waals surface area contributed by atoms with Crippen molar-refractivity contribution in [3.63, 3.8) is 0 Å². The van der Waals surface area contributed by atoms with Gasteiger partial charge in [-0.25, -0.2) is 0 Å². The molecule has 0 saturated carbocycles. The Kier molecular flexibility index (Phi) is 4.43. The summed E-state index contributed by atoms with van der Waals surface area (Å²) in [4.78, 5) is 4.86. The van der Waals surface area contributed by atoms with E-state index in [1.165, 1.54) is 11.4 Å². The number of nitrogens with one attached hydrogen (secondary N) is 1. The van der Waals surface area contributed by atoms with Crippen molar-refractivity contribution in [3.05, 3.63) is 24.3 Å². The number of hydrogen-bond donors (Lipinski definition) is 1. The fourth-order valence-corrected chi connectivity index (χ4v) is 2.91. The first-order valence-corrected chi connectivity index (χ1v) is 7.69. The third-order valence-electron chi connectivity index (χ3n) is 4.33. The van der Waals surface area contributed by atoms with Crippen LogP contribution in [0, 0.1) is 0 Å². The first-order valence-electron chi connectivity index (χ1n) is 7.69. The highest BCUT2D eigenvalue weighted by atomic mass is 16.5. The van der Waals surface area contributed by atoms with Gasteiger partial charge in [0.1, 0.15) is 0 Å². The molecule has 2 aliphatic heterocycles. The maximum Gasteiger partial charge on any atom is 0.0485 e. The summed E-state index contributed by atoms with van der Waals surface area (Å²) in [5.41, 5.74) is 2.57. The lowest BCUT2D eigenvalue weighted by atomic mass is 10.1. The summed E-state index contributed by atoms with van der Waals surface area (Å²) in [5.74, 6) is 0. The van der Waals surface area contributed by atoms with Gasteiger partial charge in [-0.3, -0.25) is 0 Å². The van der Waals surface area contributed by atoms with E-state index in [0.717, 1.165) is 52.2 Å². The lowest BCUT2D eigenvalue weighted by molar-refractivity contribution is 0.0904. The van der Waals surface area contributed by atoms with Gasteiger partial charge in [-0.1, -0.05) is 0 Å². The summed E-state index contributed by atoms with van der Waals surface area (Å²) in [7, 11) is 2.19. The minimum Gasteiger partial charge on any atom is -0.382 e. The third kappa shape index (κ3) is 3.44. The van der Waals surface area contributed by atoms with E-state index < -0.39 is 0 Å². The molecule has 20 heavy (non-hydrogen) atoms. The highest BCUT2D eigenvalue weighted by Crippen LogP contribution is 2.21. The quantitative estimate of drug-likeness (QED) is 0.913. The molecule has 2 saturated heterocycles. The molecule has 2 aliphatic rings. The summed E-state index contributed by atoms with van der Waals surface area (Å²) in [6, 6.07) is 9.48. The van der Waals surface area contributed by atoms with Crippen LogP contribution in [-0.2, 0) is 4.74 Å². The zero-order chi connectivity index (χ0) is 13.8. The standard InChI is InChI=1S/C16H25N3O/c1-18-8-10-19(11-9-18)16-4-2-14(3-5-16)17-15-6-12-20-13-7-15/h2-5,15,17H,6-13H2,1H3. The summed E-state index contributed by atoms with van der Waals surface area (Å²) in [6.45, 7) is 6.34. The summed E-state index contributed by atoms with van der Waals surface area (Å²) in [5, 5.41) is 3.61. The van der Waals surface area contributed by atoms with Crippen LogP contribution >= 0.6 is 0 Å². The first kappa shape index (κ1) is 13.7. The van der Waals surface area contributed by atoms with E-state index in [-0.39, 0.29) is 0 Å². The molecule has 1 N–H and O–H groups in total. The Balaban J connectivity index is 1.56. The molecular weight excluding hydrogens is 250 g/mol. The lowest BCUT2D eigenvalue weighted by Crippen LogP contribution is -2.44. The molecule has 0 spiro atoms. The van der Waals surface area contributed by atoms with Crippen LogP contribution in [0.15, 0.2) is 24.3 Å². The summed E-state index contributed by atoms with van der Waals surface area (Å²) in [6.07, 6.45) is 2.22. The van der Waals surface area contributed by atoms with Crippen LogP contribution in [0.3, 0.4) is 0 Å². The fourth-order valence-electron chi connectivity index (χ4n) is 2.91. The number of piperazine rings is 1. The summed E-state index contributed by atoms with van der Waals surface area (Å²) < 4.78 is 5.39. The van der Waals surface area contributed by atoms with Gasteiger partial charge in [0.25, 0.3) is 0 Å². The molecule has 0 radical (unpaired) electrons. The predicted octanol–water partition coefficient (Wildman–Crippen LogP) is 2.03. The van der Waals surface area contributed by atoms with Gasteiger partial charge in [0.2, 0.25) is 0 Å². The Morgan fingerprint density at radius 2 is 1.65 bits per heavy atom. The number of ether oxygens (including phenoxy) is 1. The molecule has 0 aromatic heterocycles. The van der Waals surface area contributed by atoms with Gasteiger partial charge in [-0.2, -0.15) is 0 Å². The average Bonchev–Trinajstić information content (AvgIpc) is 2.50. The second-order valence-electron chi connectivity index (χ2n) is 5.87. The van der Waals surface area contributed by atoms with Gasteiger partial charge >= 0.3 is 0 Å². The van der Waals surface area contributed by atoms with E-state index in [0.29, 0.717) is 6.04 Å². The predicted molar refractivity (Wildman–Crippen MR) is 83.6 cm³/mol. The average molecular weight is 275 g/mol. The van der Waals surface area contributed by atoms with Crippen LogP contribution in [0.5, 0.6) is 0 Å². The van der Waals surface area contributed by atoms with Gasteiger partial charge in [-0.15, -0.1) is 0 Å². The SMILES string of the molecule is CN1CCN(c2ccc(NC3CCOCC3)cc2)CC1. The molecule has 0 amide bonds. The van der Waals surface area contributed by atoms with Crippen LogP contribution in [0.1, 0.15) is 12.8 Å². The molecule has 0 aliphatic carbocycles. The Bertz CT molecular complexity index is 406. The maximum atomic E-state index is 5.39. The molecule has 2 fully saturated rings. The molecule has 4 heteroatoms. The van der Waals surface area contributed by atoms with Crippen molar-refractivity contribution in [1.29, 1.82) is 0 Å². The van der Waals surface area contributed by atoms with E-state index in [1.54, 1.807) is 0 Å². The molecule has 0 unspecified atom stereocenters. The van der Waals surface area contributed by atoms with Crippen molar-refractivity contribution in [2.75, 3.05) is 56.7 Å². The second-order valence-corrected chi connectivity index (χ2v) is 5.87. The van der Waals surface area contributed by atoms with E-state index in [1.807, 2.05) is 0 Å². The molecule has 3 rings (SSSR count). The van der Waals surface area contributed by atoms with Crippen LogP contribution in [-0.4, -0.2) is 57.4 Å². The number of likely N-dealkylation sites (N-methyl/N-ethyl adjacent to an activating group) is 1. The van der Waals surface area contributed by atoms with Gasteiger partial charge in [-0.05, 0) is 44.2 Å². The number of nitrogens with zero attached hydrogens (tertiary/aromatic N) is 2. The Morgan fingerprint density at radius 3 is 2.30 bits per heavy atom. The van der Waals surface area contributed by atoms with Gasteiger partial charge in [0.15, 0.2) is 0 Å². The molecule has 1 aromatic rings. The molecule has 0 bridgehead atoms. The van der Waals surface area contributed by atoms with Crippen molar-refractivity contribution in [2.45, 2.75) is 18.9 Å². The monoisotopic (exact) mass is 275 g/mol. The Labute approximate surface area is 121 Å². The molecule has 1 aromatic carbocycles. The summed E-state index contributed by atoms with van der Waals surface area (Å²) >= 11 is 0. The Morgan fingerprint density at radius 1 is 1.00 bits per heavy atom. The lowest BCUT2D eigenvalue weighted by Gasteiger charge is -2.34. The second kappa shape index (κ2) is 6.46. The highest BCUT2D eigenvalue weighted by molar-refractivity contribution is 5.55. The van der Waals surface area contributed by atoms with Gasteiger partial charge in [0, 0.05) is 56.8 Å². The molecular formula is C16H25N3O. The van der Waals surface area contributed by atoms with Crippen molar-refractivity contribution in [3.8, 4) is 0 Å². The molecule has 4 nitrogen and oxygen atoms in total. The van der Waals surface area contributed by atoms with E-state index >= 15 is 0 Å². The fraction of sp³-hybridized carbons (Fsp3) is 0.625. The van der Waals surface area contributed by atoms with Crippen molar-refractivity contribution >= 4 is 11.4 Å². The van der Waals surface area contributed by atoms with Gasteiger partial charge < -0.3 is 19.9 Å². The normalized spacial score (nSPS) is 21.9. The van der Waals surface area contributed by atoms with Crippen molar-refractivity contribution in [1.82, 2.24) is 4.90 Å². The zero-order valence-corrected chi connectivity index (χ0v) is 12.3. The van der Waals surface area contributed by atoms with E-state index in [9.17, 15) is 0 Å². The first-order chi connectivity index (χ1) is 9.81. The number of anilines is 2. The van der Waals surface area contributed by atoms with Gasteiger partial charge in [0.05, 0.1) is 0 Å². The van der Waals surface area contributed by atoms with E-state index in [2.05, 4.69) is 46.4 Å². The Hall–Kier alpha value is -1.26. The molecule has 2 heterocycles. The highest BCUT2D eigenvalue weighted by Gasteiger charge is 2.15. The molecule has 110 valence electrons. The van der Waals surface area contributed by atoms with Crippen molar-refractivity contribution in [2.24, 2.45) is 0 Å².